The Hall–Kier alpha value is -1.10. The number of carbonyl (C=O) groups excluding carboxylic acids is 2. The normalized spacial score (nSPS) is 15.8. The fourth-order valence-corrected chi connectivity index (χ4v) is 1.40. The molecule has 0 rings (SSSR count). The summed E-state index contributed by atoms with van der Waals surface area (Å²) in [4.78, 5) is 23.1. The predicted octanol–water partition coefficient (Wildman–Crippen LogP) is 0.818. The Labute approximate surface area is 103 Å². The van der Waals surface area contributed by atoms with Crippen LogP contribution in [0.3, 0.4) is 0 Å². The Morgan fingerprint density at radius 3 is 2.35 bits per heavy atom. The fraction of sp³-hybridized carbons (Fsp3) is 0.833. The number of carbonyl (C=O) groups is 2. The van der Waals surface area contributed by atoms with Crippen LogP contribution in [-0.4, -0.2) is 31.1 Å². The first-order valence-corrected chi connectivity index (χ1v) is 6.05. The molecule has 5 nitrogen and oxygen atoms in total. The van der Waals surface area contributed by atoms with E-state index >= 15 is 0 Å². The highest BCUT2D eigenvalue weighted by atomic mass is 16.5. The van der Waals surface area contributed by atoms with Gasteiger partial charge < -0.3 is 15.8 Å². The van der Waals surface area contributed by atoms with E-state index in [1.54, 1.807) is 0 Å². The molecule has 0 heterocycles. The lowest BCUT2D eigenvalue weighted by atomic mass is 9.99. The highest BCUT2D eigenvalue weighted by molar-refractivity contribution is 5.84. The Morgan fingerprint density at radius 2 is 1.94 bits per heavy atom. The Balaban J connectivity index is 4.33. The van der Waals surface area contributed by atoms with Gasteiger partial charge in [-0.25, -0.2) is 4.79 Å². The third kappa shape index (κ3) is 6.26. The molecule has 5 heteroatoms. The monoisotopic (exact) mass is 244 g/mol. The van der Waals surface area contributed by atoms with Crippen LogP contribution >= 0.6 is 0 Å². The maximum Gasteiger partial charge on any atom is 0.328 e. The Bertz CT molecular complexity index is 254. The van der Waals surface area contributed by atoms with Crippen molar-refractivity contribution in [1.29, 1.82) is 0 Å². The number of rotatable bonds is 7. The van der Waals surface area contributed by atoms with Gasteiger partial charge in [0.1, 0.15) is 6.04 Å². The second kappa shape index (κ2) is 8.06. The maximum absolute atomic E-state index is 11.6. The number of amides is 1. The molecule has 0 aromatic carbocycles. The van der Waals surface area contributed by atoms with E-state index in [1.807, 2.05) is 20.8 Å². The molecule has 0 aliphatic rings. The fourth-order valence-electron chi connectivity index (χ4n) is 1.40. The SMILES string of the molecule is CC[C@H](C)[C@H](NC(=O)CCC(C)N)C(=O)OC. The highest BCUT2D eigenvalue weighted by Crippen LogP contribution is 2.09. The van der Waals surface area contributed by atoms with Crippen LogP contribution in [0.2, 0.25) is 0 Å². The van der Waals surface area contributed by atoms with Crippen molar-refractivity contribution in [3.8, 4) is 0 Å². The quantitative estimate of drug-likeness (QED) is 0.650. The predicted molar refractivity (Wildman–Crippen MR) is 66.3 cm³/mol. The van der Waals surface area contributed by atoms with Crippen LogP contribution in [0.25, 0.3) is 0 Å². The lowest BCUT2D eigenvalue weighted by Crippen LogP contribution is -2.45. The van der Waals surface area contributed by atoms with E-state index in [-0.39, 0.29) is 17.9 Å². The van der Waals surface area contributed by atoms with Gasteiger partial charge in [0.2, 0.25) is 5.91 Å². The summed E-state index contributed by atoms with van der Waals surface area (Å²) in [6.07, 6.45) is 1.75. The molecule has 1 amide bonds. The molecule has 0 aliphatic heterocycles. The number of nitrogens with one attached hydrogen (secondary N) is 1. The molecule has 0 fully saturated rings. The van der Waals surface area contributed by atoms with Crippen molar-refractivity contribution in [3.05, 3.63) is 0 Å². The van der Waals surface area contributed by atoms with Gasteiger partial charge in [-0.3, -0.25) is 4.79 Å². The van der Waals surface area contributed by atoms with Crippen LogP contribution in [0.4, 0.5) is 0 Å². The smallest absolute Gasteiger partial charge is 0.328 e. The first-order chi connectivity index (χ1) is 7.92. The molecular formula is C12H24N2O3. The van der Waals surface area contributed by atoms with E-state index < -0.39 is 12.0 Å². The minimum Gasteiger partial charge on any atom is -0.467 e. The number of methoxy groups -OCH3 is 1. The molecule has 0 radical (unpaired) electrons. The summed E-state index contributed by atoms with van der Waals surface area (Å²) in [6.45, 7) is 5.72. The largest absolute Gasteiger partial charge is 0.467 e. The Morgan fingerprint density at radius 1 is 1.35 bits per heavy atom. The number of hydrogen-bond donors (Lipinski definition) is 2. The summed E-state index contributed by atoms with van der Waals surface area (Å²) in [7, 11) is 1.33. The molecule has 1 unspecified atom stereocenters. The third-order valence-corrected chi connectivity index (χ3v) is 2.81. The van der Waals surface area contributed by atoms with E-state index in [9.17, 15) is 9.59 Å². The molecule has 0 spiro atoms. The minimum absolute atomic E-state index is 0.0130. The van der Waals surface area contributed by atoms with E-state index in [1.165, 1.54) is 7.11 Å². The van der Waals surface area contributed by atoms with E-state index in [0.717, 1.165) is 6.42 Å². The number of hydrogen-bond acceptors (Lipinski definition) is 4. The third-order valence-electron chi connectivity index (χ3n) is 2.81. The highest BCUT2D eigenvalue weighted by Gasteiger charge is 2.26. The second-order valence-electron chi connectivity index (χ2n) is 4.47. The topological polar surface area (TPSA) is 81.4 Å². The molecule has 17 heavy (non-hydrogen) atoms. The van der Waals surface area contributed by atoms with Gasteiger partial charge in [0, 0.05) is 12.5 Å². The summed E-state index contributed by atoms with van der Waals surface area (Å²) < 4.78 is 4.68. The van der Waals surface area contributed by atoms with E-state index in [0.29, 0.717) is 12.8 Å². The van der Waals surface area contributed by atoms with Crippen LogP contribution in [-0.2, 0) is 14.3 Å². The summed E-state index contributed by atoms with van der Waals surface area (Å²) in [5.74, 6) is -0.492. The van der Waals surface area contributed by atoms with E-state index in [2.05, 4.69) is 10.1 Å². The lowest BCUT2D eigenvalue weighted by molar-refractivity contribution is -0.146. The van der Waals surface area contributed by atoms with Crippen molar-refractivity contribution >= 4 is 11.9 Å². The second-order valence-corrected chi connectivity index (χ2v) is 4.47. The van der Waals surface area contributed by atoms with Crippen LogP contribution in [0, 0.1) is 5.92 Å². The van der Waals surface area contributed by atoms with Gasteiger partial charge in [0.25, 0.3) is 0 Å². The van der Waals surface area contributed by atoms with Crippen LogP contribution < -0.4 is 11.1 Å². The molecule has 0 bridgehead atoms. The molecule has 3 atom stereocenters. The average molecular weight is 244 g/mol. The molecule has 3 N–H and O–H groups in total. The van der Waals surface area contributed by atoms with Crippen molar-refractivity contribution < 1.29 is 14.3 Å². The van der Waals surface area contributed by atoms with Gasteiger partial charge in [-0.2, -0.15) is 0 Å². The number of ether oxygens (including phenoxy) is 1. The van der Waals surface area contributed by atoms with Gasteiger partial charge in [-0.1, -0.05) is 20.3 Å². The summed E-state index contributed by atoms with van der Waals surface area (Å²) in [5, 5.41) is 2.70. The van der Waals surface area contributed by atoms with E-state index in [4.69, 9.17) is 5.73 Å². The van der Waals surface area contributed by atoms with Gasteiger partial charge >= 0.3 is 5.97 Å². The van der Waals surface area contributed by atoms with Crippen molar-refractivity contribution in [1.82, 2.24) is 5.32 Å². The van der Waals surface area contributed by atoms with Crippen LogP contribution in [0.5, 0.6) is 0 Å². The molecule has 0 saturated carbocycles. The molecular weight excluding hydrogens is 220 g/mol. The van der Waals surface area contributed by atoms with Gasteiger partial charge in [-0.15, -0.1) is 0 Å². The van der Waals surface area contributed by atoms with Gasteiger partial charge in [0.15, 0.2) is 0 Å². The molecule has 0 aliphatic carbocycles. The first kappa shape index (κ1) is 15.9. The maximum atomic E-state index is 11.6. The summed E-state index contributed by atoms with van der Waals surface area (Å²) >= 11 is 0. The standard InChI is InChI=1S/C12H24N2O3/c1-5-8(2)11(12(16)17-4)14-10(15)7-6-9(3)13/h8-9,11H,5-7,13H2,1-4H3,(H,14,15)/t8-,9?,11-/m0/s1. The average Bonchev–Trinajstić information content (AvgIpc) is 2.31. The van der Waals surface area contributed by atoms with Crippen LogP contribution in [0.15, 0.2) is 0 Å². The molecule has 0 aromatic rings. The minimum atomic E-state index is -0.564. The van der Waals surface area contributed by atoms with Crippen molar-refractivity contribution in [2.45, 2.75) is 52.1 Å². The van der Waals surface area contributed by atoms with Crippen molar-refractivity contribution in [3.63, 3.8) is 0 Å². The zero-order chi connectivity index (χ0) is 13.4. The Kier molecular flexibility index (Phi) is 7.54. The van der Waals surface area contributed by atoms with Gasteiger partial charge in [0.05, 0.1) is 7.11 Å². The van der Waals surface area contributed by atoms with Crippen molar-refractivity contribution in [2.24, 2.45) is 11.7 Å². The number of esters is 1. The van der Waals surface area contributed by atoms with Gasteiger partial charge in [-0.05, 0) is 19.3 Å². The summed E-state index contributed by atoms with van der Waals surface area (Å²) in [5.41, 5.74) is 5.57. The molecule has 100 valence electrons. The molecule has 0 aromatic heterocycles. The molecule has 0 saturated heterocycles. The van der Waals surface area contributed by atoms with Crippen LogP contribution in [0.1, 0.15) is 40.0 Å². The zero-order valence-electron chi connectivity index (χ0n) is 11.2. The first-order valence-electron chi connectivity index (χ1n) is 6.05. The van der Waals surface area contributed by atoms with Crippen molar-refractivity contribution in [2.75, 3.05) is 7.11 Å². The lowest BCUT2D eigenvalue weighted by Gasteiger charge is -2.22. The number of nitrogens with two attached hydrogens (primary N) is 1. The summed E-state index contributed by atoms with van der Waals surface area (Å²) in [6, 6.07) is -0.577. The zero-order valence-corrected chi connectivity index (χ0v) is 11.2.